The van der Waals surface area contributed by atoms with Gasteiger partial charge in [-0.2, -0.15) is 4.68 Å². The summed E-state index contributed by atoms with van der Waals surface area (Å²) in [7, 11) is 1.29. The van der Waals surface area contributed by atoms with E-state index >= 15 is 0 Å². The van der Waals surface area contributed by atoms with Gasteiger partial charge >= 0.3 is 11.7 Å². The van der Waals surface area contributed by atoms with E-state index in [1.807, 2.05) is 0 Å². The summed E-state index contributed by atoms with van der Waals surface area (Å²) in [5, 5.41) is 4.84. The van der Waals surface area contributed by atoms with Crippen LogP contribution in [0.15, 0.2) is 60.7 Å². The molecule has 126 valence electrons. The zero-order valence-corrected chi connectivity index (χ0v) is 13.1. The summed E-state index contributed by atoms with van der Waals surface area (Å²) in [6.45, 7) is 0.206. The quantitative estimate of drug-likeness (QED) is 0.526. The highest BCUT2D eigenvalue weighted by molar-refractivity contribution is 5.92. The van der Waals surface area contributed by atoms with Crippen LogP contribution in [-0.4, -0.2) is 22.9 Å². The second-order valence-electron chi connectivity index (χ2n) is 5.28. The fraction of sp³-hybridized carbons (Fsp3) is 0.118. The molecule has 0 radical (unpaired) electrons. The highest BCUT2D eigenvalue weighted by atomic mass is 16.5. The van der Waals surface area contributed by atoms with Crippen molar-refractivity contribution in [3.05, 3.63) is 64.5 Å². The Labute approximate surface area is 140 Å². The molecule has 0 atom stereocenters. The maximum Gasteiger partial charge on any atom is 0.437 e. The van der Waals surface area contributed by atoms with E-state index in [2.05, 4.69) is 9.84 Å². The molecule has 0 spiro atoms. The van der Waals surface area contributed by atoms with Gasteiger partial charge in [-0.15, -0.1) is 5.10 Å². The molecule has 3 heterocycles. The van der Waals surface area contributed by atoms with E-state index in [9.17, 15) is 9.59 Å². The Balaban J connectivity index is 1.64. The first-order valence-corrected chi connectivity index (χ1v) is 7.36. The Bertz CT molecular complexity index is 1100. The summed E-state index contributed by atoms with van der Waals surface area (Å²) in [4.78, 5) is 23.5. The van der Waals surface area contributed by atoms with Gasteiger partial charge in [-0.05, 0) is 35.9 Å². The number of aromatic nitrogens is 2. The van der Waals surface area contributed by atoms with Crippen molar-refractivity contribution in [1.82, 2.24) is 9.78 Å². The number of esters is 1. The van der Waals surface area contributed by atoms with Crippen LogP contribution in [0.5, 0.6) is 0 Å². The Morgan fingerprint density at radius 1 is 1.24 bits per heavy atom. The second-order valence-corrected chi connectivity index (χ2v) is 5.28. The lowest BCUT2D eigenvalue weighted by atomic mass is 10.1. The Hall–Kier alpha value is -3.55. The first kappa shape index (κ1) is 15.0. The molecular formula is C17H12N2O6. The van der Waals surface area contributed by atoms with Crippen molar-refractivity contribution in [2.24, 2.45) is 0 Å². The zero-order valence-electron chi connectivity index (χ0n) is 13.1. The van der Waals surface area contributed by atoms with Crippen molar-refractivity contribution in [2.45, 2.75) is 6.54 Å². The lowest BCUT2D eigenvalue weighted by molar-refractivity contribution is 0.0567. The highest BCUT2D eigenvalue weighted by Gasteiger charge is 2.15. The summed E-state index contributed by atoms with van der Waals surface area (Å²) in [6, 6.07) is 10.2. The van der Waals surface area contributed by atoms with Gasteiger partial charge in [0.1, 0.15) is 5.58 Å². The Kier molecular flexibility index (Phi) is 3.50. The Morgan fingerprint density at radius 3 is 2.88 bits per heavy atom. The molecule has 1 aromatic carbocycles. The fourth-order valence-corrected chi connectivity index (χ4v) is 2.47. The number of nitrogens with zero attached hydrogens (tertiary/aromatic N) is 2. The van der Waals surface area contributed by atoms with E-state index in [4.69, 9.17) is 13.3 Å². The summed E-state index contributed by atoms with van der Waals surface area (Å²) in [5.74, 6) is -0.521. The number of fused-ring (bicyclic) bond motifs is 1. The lowest BCUT2D eigenvalue weighted by Gasteiger charge is -1.99. The van der Waals surface area contributed by atoms with Crippen LogP contribution in [0.3, 0.4) is 0 Å². The molecule has 4 aromatic rings. The number of ether oxygens (including phenoxy) is 1. The molecule has 0 saturated heterocycles. The predicted molar refractivity (Wildman–Crippen MR) is 85.1 cm³/mol. The van der Waals surface area contributed by atoms with Crippen LogP contribution < -0.4 is 5.76 Å². The standard InChI is InChI=1S/C17H12N2O6/c1-22-16(20)14-8-11-7-10(4-5-12(11)24-14)9-19-17(21)25-15(18-19)13-3-2-6-23-13/h2-8H,9H2,1H3. The number of hydrogen-bond acceptors (Lipinski definition) is 7. The van der Waals surface area contributed by atoms with Crippen molar-refractivity contribution in [3.63, 3.8) is 0 Å². The first-order valence-electron chi connectivity index (χ1n) is 7.36. The van der Waals surface area contributed by atoms with Crippen LogP contribution in [0.2, 0.25) is 0 Å². The average Bonchev–Trinajstić information content (AvgIpc) is 3.33. The molecule has 0 N–H and O–H groups in total. The molecule has 8 nitrogen and oxygen atoms in total. The van der Waals surface area contributed by atoms with Crippen LogP contribution in [0.4, 0.5) is 0 Å². The van der Waals surface area contributed by atoms with Crippen LogP contribution in [0.1, 0.15) is 16.1 Å². The van der Waals surface area contributed by atoms with Gasteiger partial charge < -0.3 is 18.0 Å². The third kappa shape index (κ3) is 2.74. The molecule has 0 amide bonds. The zero-order chi connectivity index (χ0) is 17.4. The topological polar surface area (TPSA) is 101 Å². The minimum atomic E-state index is -0.589. The smallest absolute Gasteiger partial charge is 0.437 e. The molecule has 3 aromatic heterocycles. The van der Waals surface area contributed by atoms with Crippen molar-refractivity contribution in [3.8, 4) is 11.7 Å². The highest BCUT2D eigenvalue weighted by Crippen LogP contribution is 2.22. The molecule has 25 heavy (non-hydrogen) atoms. The van der Waals surface area contributed by atoms with E-state index in [0.717, 1.165) is 10.9 Å². The predicted octanol–water partition coefficient (Wildman–Crippen LogP) is 2.68. The molecule has 8 heteroatoms. The van der Waals surface area contributed by atoms with Crippen LogP contribution in [0, 0.1) is 0 Å². The minimum absolute atomic E-state index is 0.118. The monoisotopic (exact) mass is 340 g/mol. The summed E-state index contributed by atoms with van der Waals surface area (Å²) >= 11 is 0. The van der Waals surface area contributed by atoms with Crippen molar-refractivity contribution in [1.29, 1.82) is 0 Å². The summed E-state index contributed by atoms with van der Waals surface area (Å²) in [6.07, 6.45) is 1.47. The number of furan rings is 2. The van der Waals surface area contributed by atoms with Crippen molar-refractivity contribution < 1.29 is 22.8 Å². The van der Waals surface area contributed by atoms with Gasteiger partial charge in [-0.3, -0.25) is 0 Å². The largest absolute Gasteiger partial charge is 0.463 e. The van der Waals surface area contributed by atoms with Gasteiger partial charge in [0.2, 0.25) is 5.76 Å². The van der Waals surface area contributed by atoms with Gasteiger partial charge in [0.15, 0.2) is 5.76 Å². The molecule has 0 fully saturated rings. The van der Waals surface area contributed by atoms with E-state index in [-0.39, 0.29) is 18.2 Å². The number of hydrogen-bond donors (Lipinski definition) is 0. The number of benzene rings is 1. The van der Waals surface area contributed by atoms with Crippen LogP contribution in [0.25, 0.3) is 22.6 Å². The number of methoxy groups -OCH3 is 1. The van der Waals surface area contributed by atoms with E-state index in [1.165, 1.54) is 18.1 Å². The van der Waals surface area contributed by atoms with Crippen molar-refractivity contribution >= 4 is 16.9 Å². The number of carbonyl (C=O) groups excluding carboxylic acids is 1. The van der Waals surface area contributed by atoms with E-state index < -0.39 is 11.7 Å². The van der Waals surface area contributed by atoms with Gasteiger partial charge in [0.05, 0.1) is 19.9 Å². The van der Waals surface area contributed by atoms with Gasteiger partial charge in [0.25, 0.3) is 5.89 Å². The first-order chi connectivity index (χ1) is 12.1. The fourth-order valence-electron chi connectivity index (χ4n) is 2.47. The normalized spacial score (nSPS) is 11.1. The minimum Gasteiger partial charge on any atom is -0.463 e. The summed E-state index contributed by atoms with van der Waals surface area (Å²) in [5.41, 5.74) is 1.35. The Morgan fingerprint density at radius 2 is 2.12 bits per heavy atom. The molecule has 0 aliphatic rings. The molecule has 0 aliphatic heterocycles. The SMILES string of the molecule is COC(=O)c1cc2cc(Cn3nc(-c4ccco4)oc3=O)ccc2o1. The van der Waals surface area contributed by atoms with Gasteiger partial charge in [-0.1, -0.05) is 6.07 Å². The van der Waals surface area contributed by atoms with E-state index in [1.54, 1.807) is 36.4 Å². The molecule has 0 aliphatic carbocycles. The molecule has 4 rings (SSSR count). The molecule has 0 unspecified atom stereocenters. The number of rotatable bonds is 4. The van der Waals surface area contributed by atoms with Gasteiger partial charge in [0, 0.05) is 5.39 Å². The molecular weight excluding hydrogens is 328 g/mol. The van der Waals surface area contributed by atoms with Gasteiger partial charge in [-0.25, -0.2) is 9.59 Å². The van der Waals surface area contributed by atoms with E-state index in [0.29, 0.717) is 11.3 Å². The maximum absolute atomic E-state index is 11.9. The second kappa shape index (κ2) is 5.82. The third-order valence-electron chi connectivity index (χ3n) is 3.64. The van der Waals surface area contributed by atoms with Crippen LogP contribution in [-0.2, 0) is 11.3 Å². The maximum atomic E-state index is 11.9. The number of carbonyl (C=O) groups is 1. The van der Waals surface area contributed by atoms with Crippen LogP contribution >= 0.6 is 0 Å². The average molecular weight is 340 g/mol. The molecule has 0 saturated carbocycles. The third-order valence-corrected chi connectivity index (χ3v) is 3.64. The summed E-state index contributed by atoms with van der Waals surface area (Å²) < 4.78 is 21.5. The molecule has 0 bridgehead atoms. The van der Waals surface area contributed by atoms with Crippen molar-refractivity contribution in [2.75, 3.05) is 7.11 Å². The lowest BCUT2D eigenvalue weighted by Crippen LogP contribution is -2.16.